The quantitative estimate of drug-likeness (QED) is 0.778. The second-order valence-corrected chi connectivity index (χ2v) is 8.62. The molecule has 5 heteroatoms. The molecule has 2 fully saturated rings. The molecule has 4 nitrogen and oxygen atoms in total. The Hall–Kier alpha value is -1.98. The summed E-state index contributed by atoms with van der Waals surface area (Å²) in [4.78, 5) is 9.99. The van der Waals surface area contributed by atoms with Crippen LogP contribution in [0.25, 0.3) is 10.9 Å². The Bertz CT molecular complexity index is 873. The lowest BCUT2D eigenvalue weighted by molar-refractivity contribution is 0.0924. The van der Waals surface area contributed by atoms with E-state index in [1.54, 1.807) is 12.4 Å². The number of benzene rings is 1. The molecule has 5 rings (SSSR count). The van der Waals surface area contributed by atoms with Gasteiger partial charge in [0.15, 0.2) is 0 Å². The first kappa shape index (κ1) is 15.3. The lowest BCUT2D eigenvalue weighted by Gasteiger charge is -2.47. The molecule has 128 valence electrons. The van der Waals surface area contributed by atoms with Gasteiger partial charge in [-0.3, -0.25) is 9.88 Å². The zero-order valence-corrected chi connectivity index (χ0v) is 14.8. The van der Waals surface area contributed by atoms with Gasteiger partial charge in [0, 0.05) is 59.9 Å². The van der Waals surface area contributed by atoms with E-state index in [0.29, 0.717) is 10.9 Å². The molecule has 1 aromatic carbocycles. The Balaban J connectivity index is 1.20. The molecule has 0 amide bonds. The fourth-order valence-corrected chi connectivity index (χ4v) is 5.69. The van der Waals surface area contributed by atoms with Crippen molar-refractivity contribution in [2.75, 3.05) is 18.8 Å². The number of hydrogen-bond donors (Lipinski definition) is 1. The molecule has 0 bridgehead atoms. The summed E-state index contributed by atoms with van der Waals surface area (Å²) in [5, 5.41) is 1.35. The first-order valence-corrected chi connectivity index (χ1v) is 9.76. The molecule has 1 atom stereocenters. The summed E-state index contributed by atoms with van der Waals surface area (Å²) in [6.07, 6.45) is 7.06. The molecule has 1 spiro atoms. The highest BCUT2D eigenvalue weighted by Crippen LogP contribution is 2.46. The van der Waals surface area contributed by atoms with Crippen LogP contribution in [0.3, 0.4) is 0 Å². The minimum absolute atomic E-state index is 0.310. The van der Waals surface area contributed by atoms with Crippen molar-refractivity contribution in [3.05, 3.63) is 60.6 Å². The molecular formula is C20H21N3OS. The molecule has 0 aliphatic carbocycles. The normalized spacial score (nSPS) is 22.3. The van der Waals surface area contributed by atoms with Crippen molar-refractivity contribution in [2.45, 2.75) is 23.8 Å². The number of aromatic nitrogens is 2. The average Bonchev–Trinajstić information content (AvgIpc) is 3.23. The second-order valence-electron chi connectivity index (χ2n) is 7.13. The van der Waals surface area contributed by atoms with Gasteiger partial charge in [0.1, 0.15) is 11.9 Å². The minimum Gasteiger partial charge on any atom is -0.488 e. The Morgan fingerprint density at radius 2 is 2.20 bits per heavy atom. The number of thioether (sulfide) groups is 1. The molecule has 4 heterocycles. The van der Waals surface area contributed by atoms with E-state index in [2.05, 4.69) is 50.9 Å². The molecule has 3 aromatic rings. The van der Waals surface area contributed by atoms with E-state index in [-0.39, 0.29) is 0 Å². The summed E-state index contributed by atoms with van der Waals surface area (Å²) < 4.78 is 6.49. The van der Waals surface area contributed by atoms with E-state index < -0.39 is 0 Å². The minimum atomic E-state index is 0.310. The standard InChI is InChI=1S/C20H21N3OS/c1-3-15(18-6-8-22-19(18)5-1)11-23-13-20(14-23)9-17(12-25-20)24-16-4-2-7-21-10-16/h1-8,10,17,22H,9,11-14H2/t17-/m0/s1. The first-order valence-electron chi connectivity index (χ1n) is 8.78. The Morgan fingerprint density at radius 1 is 1.24 bits per heavy atom. The fourth-order valence-electron chi connectivity index (χ4n) is 4.12. The van der Waals surface area contributed by atoms with E-state index in [9.17, 15) is 0 Å². The van der Waals surface area contributed by atoms with E-state index in [4.69, 9.17) is 4.74 Å². The van der Waals surface area contributed by atoms with Gasteiger partial charge in [-0.05, 0) is 29.8 Å². The zero-order valence-electron chi connectivity index (χ0n) is 14.0. The maximum Gasteiger partial charge on any atom is 0.138 e. The summed E-state index contributed by atoms with van der Waals surface area (Å²) in [5.41, 5.74) is 2.65. The number of pyridine rings is 1. The molecule has 0 unspecified atom stereocenters. The van der Waals surface area contributed by atoms with Crippen molar-refractivity contribution in [1.82, 2.24) is 14.9 Å². The summed E-state index contributed by atoms with van der Waals surface area (Å²) >= 11 is 2.09. The molecule has 1 N–H and O–H groups in total. The molecule has 2 aromatic heterocycles. The maximum atomic E-state index is 6.10. The van der Waals surface area contributed by atoms with Gasteiger partial charge in [0.25, 0.3) is 0 Å². The van der Waals surface area contributed by atoms with Crippen LogP contribution in [-0.4, -0.2) is 44.6 Å². The average molecular weight is 351 g/mol. The summed E-state index contributed by atoms with van der Waals surface area (Å²) in [6, 6.07) is 12.6. The third-order valence-electron chi connectivity index (χ3n) is 5.21. The highest BCUT2D eigenvalue weighted by molar-refractivity contribution is 8.01. The van der Waals surface area contributed by atoms with E-state index in [1.807, 2.05) is 18.3 Å². The van der Waals surface area contributed by atoms with Crippen LogP contribution in [0.5, 0.6) is 5.75 Å². The number of likely N-dealkylation sites (tertiary alicyclic amines) is 1. The molecule has 2 aliphatic heterocycles. The van der Waals surface area contributed by atoms with Crippen LogP contribution in [0.2, 0.25) is 0 Å². The smallest absolute Gasteiger partial charge is 0.138 e. The van der Waals surface area contributed by atoms with E-state index in [1.165, 1.54) is 16.5 Å². The number of hydrogen-bond acceptors (Lipinski definition) is 4. The van der Waals surface area contributed by atoms with E-state index >= 15 is 0 Å². The largest absolute Gasteiger partial charge is 0.488 e. The SMILES string of the molecule is c1cncc(O[C@@H]2CSC3(C2)CN(Cc2cccc4[nH]ccc24)C3)c1. The zero-order chi connectivity index (χ0) is 16.7. The molecular weight excluding hydrogens is 330 g/mol. The van der Waals surface area contributed by atoms with Gasteiger partial charge in [0.05, 0.1) is 6.20 Å². The van der Waals surface area contributed by atoms with Crippen molar-refractivity contribution in [3.63, 3.8) is 0 Å². The third-order valence-corrected chi connectivity index (χ3v) is 6.79. The monoisotopic (exact) mass is 351 g/mol. The van der Waals surface area contributed by atoms with Gasteiger partial charge in [0.2, 0.25) is 0 Å². The van der Waals surface area contributed by atoms with Gasteiger partial charge < -0.3 is 9.72 Å². The third kappa shape index (κ3) is 2.92. The van der Waals surface area contributed by atoms with E-state index in [0.717, 1.165) is 37.6 Å². The number of fused-ring (bicyclic) bond motifs is 1. The number of rotatable bonds is 4. The number of aromatic amines is 1. The maximum absolute atomic E-state index is 6.10. The van der Waals surface area contributed by atoms with Crippen molar-refractivity contribution in [1.29, 1.82) is 0 Å². The first-order chi connectivity index (χ1) is 12.3. The van der Waals surface area contributed by atoms with Crippen molar-refractivity contribution in [3.8, 4) is 5.75 Å². The second kappa shape index (κ2) is 6.07. The van der Waals surface area contributed by atoms with Crippen molar-refractivity contribution < 1.29 is 4.74 Å². The highest BCUT2D eigenvalue weighted by Gasteiger charge is 2.49. The molecule has 2 saturated heterocycles. The van der Waals surface area contributed by atoms with Crippen LogP contribution >= 0.6 is 11.8 Å². The van der Waals surface area contributed by atoms with Crippen molar-refractivity contribution >= 4 is 22.7 Å². The van der Waals surface area contributed by atoms with Gasteiger partial charge in [-0.1, -0.05) is 12.1 Å². The molecule has 0 saturated carbocycles. The van der Waals surface area contributed by atoms with Crippen LogP contribution in [0.4, 0.5) is 0 Å². The summed E-state index contributed by atoms with van der Waals surface area (Å²) in [7, 11) is 0. The highest BCUT2D eigenvalue weighted by atomic mass is 32.2. The van der Waals surface area contributed by atoms with Crippen LogP contribution in [-0.2, 0) is 6.54 Å². The molecule has 2 aliphatic rings. The molecule has 0 radical (unpaired) electrons. The Morgan fingerprint density at radius 3 is 3.08 bits per heavy atom. The Labute approximate surface area is 151 Å². The summed E-state index contributed by atoms with van der Waals surface area (Å²) in [6.45, 7) is 3.35. The van der Waals surface area contributed by atoms with Crippen LogP contribution < -0.4 is 4.74 Å². The number of H-pyrrole nitrogens is 1. The summed E-state index contributed by atoms with van der Waals surface area (Å²) in [5.74, 6) is 1.97. The van der Waals surface area contributed by atoms with Crippen LogP contribution in [0, 0.1) is 0 Å². The predicted octanol–water partition coefficient (Wildman–Crippen LogP) is 3.70. The lowest BCUT2D eigenvalue weighted by Crippen LogP contribution is -2.58. The number of ether oxygens (including phenoxy) is 1. The van der Waals surface area contributed by atoms with Gasteiger partial charge in [-0.2, -0.15) is 0 Å². The Kier molecular flexibility index (Phi) is 3.71. The number of nitrogens with zero attached hydrogens (tertiary/aromatic N) is 2. The van der Waals surface area contributed by atoms with Crippen molar-refractivity contribution in [2.24, 2.45) is 0 Å². The topological polar surface area (TPSA) is 41.1 Å². The van der Waals surface area contributed by atoms with Gasteiger partial charge in [-0.25, -0.2) is 0 Å². The fraction of sp³-hybridized carbons (Fsp3) is 0.350. The predicted molar refractivity (Wildman–Crippen MR) is 102 cm³/mol. The lowest BCUT2D eigenvalue weighted by atomic mass is 9.92. The molecule has 25 heavy (non-hydrogen) atoms. The number of nitrogens with one attached hydrogen (secondary N) is 1. The van der Waals surface area contributed by atoms with Gasteiger partial charge >= 0.3 is 0 Å². The van der Waals surface area contributed by atoms with Gasteiger partial charge in [-0.15, -0.1) is 11.8 Å². The van der Waals surface area contributed by atoms with Crippen LogP contribution in [0.15, 0.2) is 55.0 Å². The van der Waals surface area contributed by atoms with Crippen LogP contribution in [0.1, 0.15) is 12.0 Å².